The molecule has 4 rings (SSSR count). The average molecular weight is 487 g/mol. The molecule has 1 aliphatic rings. The lowest BCUT2D eigenvalue weighted by Gasteiger charge is -2.46. The van der Waals surface area contributed by atoms with Crippen LogP contribution in [0.5, 0.6) is 0 Å². The summed E-state index contributed by atoms with van der Waals surface area (Å²) in [6.07, 6.45) is 2.45. The first-order valence-electron chi connectivity index (χ1n) is 12.3. The van der Waals surface area contributed by atoms with Gasteiger partial charge in [0.15, 0.2) is 5.84 Å². The highest BCUT2D eigenvalue weighted by Gasteiger charge is 2.40. The third-order valence-corrected chi connectivity index (χ3v) is 6.77. The van der Waals surface area contributed by atoms with Gasteiger partial charge in [-0.05, 0) is 51.3 Å². The number of hydrogen-bond donors (Lipinski definition) is 1. The van der Waals surface area contributed by atoms with Crippen LogP contribution in [-0.4, -0.2) is 52.6 Å². The highest BCUT2D eigenvalue weighted by molar-refractivity contribution is 6.37. The molecule has 7 heteroatoms. The summed E-state index contributed by atoms with van der Waals surface area (Å²) in [5.74, 6) is 0.125. The normalized spacial score (nSPS) is 16.5. The number of aliphatic imine (C=N–C) groups is 1. The van der Waals surface area contributed by atoms with Crippen molar-refractivity contribution in [1.82, 2.24) is 9.80 Å². The van der Waals surface area contributed by atoms with Crippen LogP contribution in [-0.2, 0) is 4.79 Å². The van der Waals surface area contributed by atoms with E-state index in [2.05, 4.69) is 11.1 Å². The first kappa shape index (κ1) is 25.2. The maximum Gasteiger partial charge on any atom is 0.289 e. The topological polar surface area (TPSA) is 92.1 Å². The second kappa shape index (κ2) is 10.0. The van der Waals surface area contributed by atoms with Crippen LogP contribution in [0, 0.1) is 13.8 Å². The summed E-state index contributed by atoms with van der Waals surface area (Å²) in [6, 6.07) is 15.7. The molecule has 0 unspecified atom stereocenters. The van der Waals surface area contributed by atoms with E-state index >= 15 is 0 Å². The molecule has 7 nitrogen and oxygen atoms in total. The molecule has 0 aliphatic carbocycles. The van der Waals surface area contributed by atoms with Gasteiger partial charge in [-0.3, -0.25) is 9.59 Å². The van der Waals surface area contributed by atoms with Crippen molar-refractivity contribution in [2.45, 2.75) is 46.6 Å². The number of furan rings is 1. The predicted octanol–water partition coefficient (Wildman–Crippen LogP) is 4.92. The Morgan fingerprint density at radius 2 is 1.86 bits per heavy atom. The third-order valence-electron chi connectivity index (χ3n) is 6.77. The Morgan fingerprint density at radius 3 is 2.56 bits per heavy atom. The number of carbonyl (C=O) groups is 2. The molecular formula is C29H34N4O3. The van der Waals surface area contributed by atoms with Gasteiger partial charge in [-0.1, -0.05) is 55.0 Å². The van der Waals surface area contributed by atoms with Crippen LogP contribution in [0.2, 0.25) is 0 Å². The summed E-state index contributed by atoms with van der Waals surface area (Å²) in [5, 5.41) is 0.805. The van der Waals surface area contributed by atoms with Gasteiger partial charge in [-0.15, -0.1) is 0 Å². The van der Waals surface area contributed by atoms with Gasteiger partial charge < -0.3 is 20.0 Å². The van der Waals surface area contributed by atoms with Gasteiger partial charge in [0, 0.05) is 31.2 Å². The Bertz CT molecular complexity index is 1370. The number of para-hydroxylation sites is 1. The molecule has 2 amide bonds. The molecule has 0 radical (unpaired) electrons. The van der Waals surface area contributed by atoms with E-state index in [0.717, 1.165) is 28.5 Å². The number of benzene rings is 2. The fourth-order valence-electron chi connectivity index (χ4n) is 4.85. The van der Waals surface area contributed by atoms with E-state index in [0.29, 0.717) is 36.5 Å². The summed E-state index contributed by atoms with van der Waals surface area (Å²) in [5.41, 5.74) is 10.0. The molecule has 36 heavy (non-hydrogen) atoms. The number of fused-ring (bicyclic) bond motifs is 1. The summed E-state index contributed by atoms with van der Waals surface area (Å²) >= 11 is 0. The number of aryl methyl sites for hydroxylation is 2. The van der Waals surface area contributed by atoms with Gasteiger partial charge in [0.25, 0.3) is 11.8 Å². The van der Waals surface area contributed by atoms with E-state index in [4.69, 9.17) is 10.2 Å². The van der Waals surface area contributed by atoms with Crippen LogP contribution in [0.15, 0.2) is 64.1 Å². The van der Waals surface area contributed by atoms with Crippen LogP contribution in [0.25, 0.3) is 16.5 Å². The molecular weight excluding hydrogens is 452 g/mol. The number of rotatable bonds is 4. The zero-order chi connectivity index (χ0) is 26.0. The van der Waals surface area contributed by atoms with Crippen molar-refractivity contribution in [3.63, 3.8) is 0 Å². The van der Waals surface area contributed by atoms with Gasteiger partial charge in [0.1, 0.15) is 11.3 Å². The van der Waals surface area contributed by atoms with Crippen LogP contribution in [0.3, 0.4) is 0 Å². The summed E-state index contributed by atoms with van der Waals surface area (Å²) in [6.45, 7) is 10.9. The van der Waals surface area contributed by atoms with E-state index < -0.39 is 5.54 Å². The SMILES string of the molecule is CC/C(=C\N=C(N)C(=O)N1CCN(C(=O)c2c(C)oc3ccccc23)CC1(C)C)c1cccc(C)c1. The highest BCUT2D eigenvalue weighted by Crippen LogP contribution is 2.29. The summed E-state index contributed by atoms with van der Waals surface area (Å²) < 4.78 is 5.80. The Kier molecular flexibility index (Phi) is 7.02. The molecule has 1 aliphatic heterocycles. The number of hydrogen-bond acceptors (Lipinski definition) is 4. The highest BCUT2D eigenvalue weighted by atomic mass is 16.3. The molecule has 2 aromatic carbocycles. The van der Waals surface area contributed by atoms with E-state index in [9.17, 15) is 9.59 Å². The van der Waals surface area contributed by atoms with Crippen molar-refractivity contribution in [3.05, 3.63) is 77.2 Å². The molecule has 0 spiro atoms. The molecule has 1 saturated heterocycles. The minimum Gasteiger partial charge on any atom is -0.461 e. The van der Waals surface area contributed by atoms with Crippen LogP contribution in [0.1, 0.15) is 54.4 Å². The van der Waals surface area contributed by atoms with Crippen molar-refractivity contribution < 1.29 is 14.0 Å². The maximum absolute atomic E-state index is 13.5. The molecule has 188 valence electrons. The molecule has 0 saturated carbocycles. The van der Waals surface area contributed by atoms with Crippen LogP contribution in [0.4, 0.5) is 0 Å². The van der Waals surface area contributed by atoms with Crippen molar-refractivity contribution >= 4 is 34.2 Å². The van der Waals surface area contributed by atoms with Crippen molar-refractivity contribution in [3.8, 4) is 0 Å². The number of carbonyl (C=O) groups excluding carboxylic acids is 2. The van der Waals surface area contributed by atoms with Gasteiger partial charge in [0.2, 0.25) is 0 Å². The first-order chi connectivity index (χ1) is 17.1. The fraction of sp³-hybridized carbons (Fsp3) is 0.345. The van der Waals surface area contributed by atoms with E-state index in [1.165, 1.54) is 0 Å². The molecule has 2 heterocycles. The molecule has 1 aromatic heterocycles. The third kappa shape index (κ3) is 4.91. The zero-order valence-electron chi connectivity index (χ0n) is 21.7. The number of nitrogens with two attached hydrogens (primary N) is 1. The molecule has 1 fully saturated rings. The van der Waals surface area contributed by atoms with Gasteiger partial charge >= 0.3 is 0 Å². The lowest BCUT2D eigenvalue weighted by Crippen LogP contribution is -2.63. The van der Waals surface area contributed by atoms with Crippen LogP contribution >= 0.6 is 0 Å². The molecule has 0 bridgehead atoms. The van der Waals surface area contributed by atoms with Crippen LogP contribution < -0.4 is 5.73 Å². The second-order valence-electron chi connectivity index (χ2n) is 9.92. The number of nitrogens with zero attached hydrogens (tertiary/aromatic N) is 3. The number of piperazine rings is 1. The van der Waals surface area contributed by atoms with Gasteiger partial charge in [0.05, 0.1) is 11.1 Å². The monoisotopic (exact) mass is 486 g/mol. The standard InChI is InChI=1S/C29H34N4O3/c1-6-21(22-11-9-10-19(2)16-22)17-31-26(30)28(35)33-15-14-32(18-29(33,4)5)27(34)25-20(3)36-24-13-8-7-12-23(24)25/h7-13,16-17H,6,14-15,18H2,1-5H3,(H2,30,31)/b21-17+. The summed E-state index contributed by atoms with van der Waals surface area (Å²) in [4.78, 5) is 34.6. The van der Waals surface area contributed by atoms with E-state index in [-0.39, 0.29) is 17.6 Å². The quantitative estimate of drug-likeness (QED) is 0.418. The van der Waals surface area contributed by atoms with E-state index in [1.807, 2.05) is 77.1 Å². The minimum atomic E-state index is -0.619. The second-order valence-corrected chi connectivity index (χ2v) is 9.92. The number of amides is 2. The average Bonchev–Trinajstić information content (AvgIpc) is 3.18. The maximum atomic E-state index is 13.5. The minimum absolute atomic E-state index is 0.0573. The van der Waals surface area contributed by atoms with Crippen molar-refractivity contribution in [2.75, 3.05) is 19.6 Å². The number of allylic oxidation sites excluding steroid dienone is 1. The molecule has 2 N–H and O–H groups in total. The molecule has 3 aromatic rings. The Morgan fingerprint density at radius 1 is 1.11 bits per heavy atom. The lowest BCUT2D eigenvalue weighted by molar-refractivity contribution is -0.132. The predicted molar refractivity (Wildman–Crippen MR) is 144 cm³/mol. The van der Waals surface area contributed by atoms with Gasteiger partial charge in [-0.25, -0.2) is 4.99 Å². The molecule has 0 atom stereocenters. The van der Waals surface area contributed by atoms with Gasteiger partial charge in [-0.2, -0.15) is 0 Å². The smallest absolute Gasteiger partial charge is 0.289 e. The van der Waals surface area contributed by atoms with Crippen molar-refractivity contribution in [1.29, 1.82) is 0 Å². The number of amidine groups is 1. The Balaban J connectivity index is 1.51. The lowest BCUT2D eigenvalue weighted by atomic mass is 9.97. The fourth-order valence-corrected chi connectivity index (χ4v) is 4.85. The zero-order valence-corrected chi connectivity index (χ0v) is 21.7. The Hall–Kier alpha value is -3.87. The first-order valence-corrected chi connectivity index (χ1v) is 12.3. The van der Waals surface area contributed by atoms with Crippen molar-refractivity contribution in [2.24, 2.45) is 10.7 Å². The summed E-state index contributed by atoms with van der Waals surface area (Å²) in [7, 11) is 0. The van der Waals surface area contributed by atoms with E-state index in [1.54, 1.807) is 16.0 Å². The largest absolute Gasteiger partial charge is 0.461 e. The Labute approximate surface area is 212 Å².